The molecule has 0 spiro atoms. The molecule has 0 saturated carbocycles. The summed E-state index contributed by atoms with van der Waals surface area (Å²) in [5.41, 5.74) is 1.80. The van der Waals surface area contributed by atoms with E-state index in [0.717, 1.165) is 5.56 Å². The average molecular weight is 281 g/mol. The largest absolute Gasteiger partial charge is 0.477 e. The minimum atomic E-state index is -1.18. The van der Waals surface area contributed by atoms with E-state index in [1.807, 2.05) is 12.1 Å². The summed E-state index contributed by atoms with van der Waals surface area (Å²) in [6, 6.07) is 16.0. The Hall–Kier alpha value is -2.88. The molecule has 0 bridgehead atoms. The van der Waals surface area contributed by atoms with Crippen molar-refractivity contribution in [1.29, 1.82) is 0 Å². The number of hydrogen-bond donors (Lipinski definition) is 2. The van der Waals surface area contributed by atoms with Crippen molar-refractivity contribution in [3.63, 3.8) is 0 Å². The first-order valence-electron chi connectivity index (χ1n) is 6.45. The van der Waals surface area contributed by atoms with Crippen LogP contribution in [0.4, 0.5) is 0 Å². The van der Waals surface area contributed by atoms with Gasteiger partial charge in [0.1, 0.15) is 5.70 Å². The van der Waals surface area contributed by atoms with Gasteiger partial charge >= 0.3 is 5.97 Å². The second-order valence-corrected chi connectivity index (χ2v) is 4.54. The maximum absolute atomic E-state index is 12.2. The summed E-state index contributed by atoms with van der Waals surface area (Å²) in [4.78, 5) is 23.4. The molecule has 0 aliphatic carbocycles. The summed E-state index contributed by atoms with van der Waals surface area (Å²) < 4.78 is 0. The Kier molecular flexibility index (Phi) is 4.51. The zero-order valence-corrected chi connectivity index (χ0v) is 11.5. The molecule has 2 rings (SSSR count). The average Bonchev–Trinajstić information content (AvgIpc) is 2.48. The summed E-state index contributed by atoms with van der Waals surface area (Å²) in [5, 5.41) is 11.7. The zero-order chi connectivity index (χ0) is 15.2. The van der Waals surface area contributed by atoms with Crippen molar-refractivity contribution >= 4 is 18.0 Å². The molecule has 4 nitrogen and oxygen atoms in total. The maximum Gasteiger partial charge on any atom is 0.352 e. The molecule has 0 aliphatic rings. The smallest absolute Gasteiger partial charge is 0.352 e. The highest BCUT2D eigenvalue weighted by molar-refractivity contribution is 6.03. The number of benzene rings is 2. The lowest BCUT2D eigenvalue weighted by Crippen LogP contribution is -2.27. The normalized spacial score (nSPS) is 11.0. The van der Waals surface area contributed by atoms with Crippen LogP contribution >= 0.6 is 0 Å². The fraction of sp³-hybridized carbons (Fsp3) is 0.0588. The highest BCUT2D eigenvalue weighted by Gasteiger charge is 2.14. The van der Waals surface area contributed by atoms with Crippen molar-refractivity contribution in [2.45, 2.75) is 6.92 Å². The van der Waals surface area contributed by atoms with Crippen LogP contribution in [0.5, 0.6) is 0 Å². The van der Waals surface area contributed by atoms with E-state index in [1.54, 1.807) is 49.4 Å². The van der Waals surface area contributed by atoms with Crippen molar-refractivity contribution < 1.29 is 14.7 Å². The van der Waals surface area contributed by atoms with E-state index in [1.165, 1.54) is 6.08 Å². The SMILES string of the molecule is Cc1ccccc1C(=O)N/C(=C/c1ccccc1)C(=O)O. The molecule has 2 aromatic carbocycles. The van der Waals surface area contributed by atoms with Crippen molar-refractivity contribution in [3.8, 4) is 0 Å². The van der Waals surface area contributed by atoms with Gasteiger partial charge in [-0.25, -0.2) is 4.79 Å². The highest BCUT2D eigenvalue weighted by atomic mass is 16.4. The molecule has 0 saturated heterocycles. The molecule has 0 aromatic heterocycles. The van der Waals surface area contributed by atoms with Gasteiger partial charge in [-0.15, -0.1) is 0 Å². The van der Waals surface area contributed by atoms with E-state index in [2.05, 4.69) is 5.32 Å². The van der Waals surface area contributed by atoms with Gasteiger partial charge in [0.2, 0.25) is 0 Å². The van der Waals surface area contributed by atoms with Crippen molar-refractivity contribution in [1.82, 2.24) is 5.32 Å². The topological polar surface area (TPSA) is 66.4 Å². The van der Waals surface area contributed by atoms with Crippen molar-refractivity contribution in [3.05, 3.63) is 77.0 Å². The monoisotopic (exact) mass is 281 g/mol. The number of carboxylic acid groups (broad SMARTS) is 1. The maximum atomic E-state index is 12.2. The molecule has 1 amide bonds. The van der Waals surface area contributed by atoms with Crippen LogP contribution in [0.25, 0.3) is 6.08 Å². The van der Waals surface area contributed by atoms with Crippen LogP contribution < -0.4 is 5.32 Å². The van der Waals surface area contributed by atoms with Gasteiger partial charge in [0, 0.05) is 5.56 Å². The van der Waals surface area contributed by atoms with Crippen LogP contribution in [-0.4, -0.2) is 17.0 Å². The van der Waals surface area contributed by atoms with Crippen LogP contribution in [-0.2, 0) is 4.79 Å². The van der Waals surface area contributed by atoms with Crippen molar-refractivity contribution in [2.24, 2.45) is 0 Å². The first-order chi connectivity index (χ1) is 10.1. The number of rotatable bonds is 4. The van der Waals surface area contributed by atoms with Gasteiger partial charge in [0.15, 0.2) is 0 Å². The number of carbonyl (C=O) groups is 2. The fourth-order valence-corrected chi connectivity index (χ4v) is 1.88. The first-order valence-corrected chi connectivity index (χ1v) is 6.45. The number of hydrogen-bond acceptors (Lipinski definition) is 2. The molecule has 0 unspecified atom stereocenters. The quantitative estimate of drug-likeness (QED) is 0.847. The third kappa shape index (κ3) is 3.79. The van der Waals surface area contributed by atoms with Crippen LogP contribution in [0, 0.1) is 6.92 Å². The molecule has 2 N–H and O–H groups in total. The molecule has 21 heavy (non-hydrogen) atoms. The molecule has 0 heterocycles. The Balaban J connectivity index is 2.26. The second-order valence-electron chi connectivity index (χ2n) is 4.54. The van der Waals surface area contributed by atoms with E-state index in [4.69, 9.17) is 0 Å². The minimum Gasteiger partial charge on any atom is -0.477 e. The Bertz CT molecular complexity index is 690. The van der Waals surface area contributed by atoms with E-state index >= 15 is 0 Å². The molecule has 2 aromatic rings. The molecule has 106 valence electrons. The van der Waals surface area contributed by atoms with E-state index in [-0.39, 0.29) is 5.70 Å². The van der Waals surface area contributed by atoms with Gasteiger partial charge < -0.3 is 10.4 Å². The predicted octanol–water partition coefficient (Wildman–Crippen LogP) is 2.85. The Morgan fingerprint density at radius 3 is 2.24 bits per heavy atom. The Morgan fingerprint density at radius 2 is 1.62 bits per heavy atom. The summed E-state index contributed by atoms with van der Waals surface area (Å²) >= 11 is 0. The highest BCUT2D eigenvalue weighted by Crippen LogP contribution is 2.09. The molecule has 4 heteroatoms. The van der Waals surface area contributed by atoms with Crippen LogP contribution in [0.1, 0.15) is 21.5 Å². The number of aliphatic carboxylic acids is 1. The molecule has 0 fully saturated rings. The third-order valence-corrected chi connectivity index (χ3v) is 2.98. The second kappa shape index (κ2) is 6.52. The summed E-state index contributed by atoms with van der Waals surface area (Å²) in [6.07, 6.45) is 1.43. The van der Waals surface area contributed by atoms with Gasteiger partial charge in [-0.05, 0) is 30.2 Å². The van der Waals surface area contributed by atoms with Crippen LogP contribution in [0.15, 0.2) is 60.3 Å². The summed E-state index contributed by atoms with van der Waals surface area (Å²) in [6.45, 7) is 1.80. The number of amides is 1. The number of carbonyl (C=O) groups excluding carboxylic acids is 1. The van der Waals surface area contributed by atoms with E-state index in [9.17, 15) is 14.7 Å². The number of aryl methyl sites for hydroxylation is 1. The Morgan fingerprint density at radius 1 is 1.00 bits per heavy atom. The lowest BCUT2D eigenvalue weighted by Gasteiger charge is -2.08. The molecule has 0 aliphatic heterocycles. The standard InChI is InChI=1S/C17H15NO3/c1-12-7-5-6-10-14(12)16(19)18-15(17(20)21)11-13-8-3-2-4-9-13/h2-11H,1H3,(H,18,19)(H,20,21)/b15-11+. The molecule has 0 atom stereocenters. The third-order valence-electron chi connectivity index (χ3n) is 2.98. The summed E-state index contributed by atoms with van der Waals surface area (Å²) in [5.74, 6) is -1.61. The van der Waals surface area contributed by atoms with Gasteiger partial charge in [-0.1, -0.05) is 48.5 Å². The number of carboxylic acids is 1. The number of nitrogens with one attached hydrogen (secondary N) is 1. The lowest BCUT2D eigenvalue weighted by molar-refractivity contribution is -0.132. The molecular weight excluding hydrogens is 266 g/mol. The predicted molar refractivity (Wildman–Crippen MR) is 80.7 cm³/mol. The van der Waals surface area contributed by atoms with E-state index in [0.29, 0.717) is 11.1 Å². The van der Waals surface area contributed by atoms with Gasteiger partial charge in [-0.3, -0.25) is 4.79 Å². The summed E-state index contributed by atoms with van der Waals surface area (Å²) in [7, 11) is 0. The fourth-order valence-electron chi connectivity index (χ4n) is 1.88. The molecule has 0 radical (unpaired) electrons. The van der Waals surface area contributed by atoms with Gasteiger partial charge in [0.25, 0.3) is 5.91 Å². The van der Waals surface area contributed by atoms with Crippen LogP contribution in [0.3, 0.4) is 0 Å². The minimum absolute atomic E-state index is 0.158. The van der Waals surface area contributed by atoms with Gasteiger partial charge in [0.05, 0.1) is 0 Å². The zero-order valence-electron chi connectivity index (χ0n) is 11.5. The molecular formula is C17H15NO3. The lowest BCUT2D eigenvalue weighted by atomic mass is 10.1. The first kappa shape index (κ1) is 14.5. The van der Waals surface area contributed by atoms with Gasteiger partial charge in [-0.2, -0.15) is 0 Å². The van der Waals surface area contributed by atoms with Crippen molar-refractivity contribution in [2.75, 3.05) is 0 Å². The van der Waals surface area contributed by atoms with E-state index < -0.39 is 11.9 Å². The Labute approximate surface area is 122 Å². The van der Waals surface area contributed by atoms with Crippen LogP contribution in [0.2, 0.25) is 0 Å².